The van der Waals surface area contributed by atoms with Crippen LogP contribution < -0.4 is 10.1 Å². The topological polar surface area (TPSA) is 58.6 Å². The van der Waals surface area contributed by atoms with Crippen molar-refractivity contribution in [2.45, 2.75) is 32.7 Å². The van der Waals surface area contributed by atoms with E-state index in [1.54, 1.807) is 0 Å². The fourth-order valence-electron chi connectivity index (χ4n) is 1.51. The normalized spacial score (nSPS) is 10.3. The van der Waals surface area contributed by atoms with Crippen molar-refractivity contribution in [1.82, 2.24) is 5.32 Å². The summed E-state index contributed by atoms with van der Waals surface area (Å²) in [5, 5.41) is 11.6. The molecule has 4 heteroatoms. The molecule has 0 fully saturated rings. The lowest BCUT2D eigenvalue weighted by Gasteiger charge is -2.08. The van der Waals surface area contributed by atoms with Gasteiger partial charge in [0.15, 0.2) is 0 Å². The summed E-state index contributed by atoms with van der Waals surface area (Å²) in [6, 6.07) is 7.88. The predicted molar refractivity (Wildman–Crippen MR) is 70.8 cm³/mol. The van der Waals surface area contributed by atoms with Crippen molar-refractivity contribution >= 4 is 5.97 Å². The monoisotopic (exact) mass is 251 g/mol. The second kappa shape index (κ2) is 8.53. The summed E-state index contributed by atoms with van der Waals surface area (Å²) >= 11 is 0. The van der Waals surface area contributed by atoms with Crippen LogP contribution in [0.3, 0.4) is 0 Å². The van der Waals surface area contributed by atoms with Crippen LogP contribution in [0.15, 0.2) is 24.3 Å². The molecule has 0 aliphatic carbocycles. The molecule has 0 unspecified atom stereocenters. The molecule has 0 bridgehead atoms. The summed E-state index contributed by atoms with van der Waals surface area (Å²) in [5.41, 5.74) is 1.11. The number of nitrogens with one attached hydrogen (secondary N) is 1. The van der Waals surface area contributed by atoms with E-state index in [4.69, 9.17) is 9.84 Å². The van der Waals surface area contributed by atoms with Crippen LogP contribution in [0.4, 0.5) is 0 Å². The first kappa shape index (κ1) is 14.5. The number of hydrogen-bond acceptors (Lipinski definition) is 3. The number of rotatable bonds is 9. The Kier molecular flexibility index (Phi) is 6.87. The van der Waals surface area contributed by atoms with Crippen LogP contribution in [-0.2, 0) is 11.3 Å². The minimum atomic E-state index is -0.779. The Labute approximate surface area is 108 Å². The van der Waals surface area contributed by atoms with Crippen LogP contribution in [-0.4, -0.2) is 24.2 Å². The van der Waals surface area contributed by atoms with Gasteiger partial charge in [0.25, 0.3) is 0 Å². The quantitative estimate of drug-likeness (QED) is 0.662. The van der Waals surface area contributed by atoms with E-state index in [0.29, 0.717) is 13.1 Å². The molecule has 0 atom stereocenters. The van der Waals surface area contributed by atoms with Crippen LogP contribution in [0.2, 0.25) is 0 Å². The second-order valence-corrected chi connectivity index (χ2v) is 4.17. The first-order valence-corrected chi connectivity index (χ1v) is 6.36. The molecule has 0 aliphatic heterocycles. The van der Waals surface area contributed by atoms with Gasteiger partial charge < -0.3 is 15.2 Å². The van der Waals surface area contributed by atoms with Crippen LogP contribution >= 0.6 is 0 Å². The van der Waals surface area contributed by atoms with Crippen molar-refractivity contribution in [3.63, 3.8) is 0 Å². The number of unbranched alkanes of at least 4 members (excludes halogenated alkanes) is 1. The molecule has 0 aliphatic rings. The van der Waals surface area contributed by atoms with Crippen molar-refractivity contribution in [2.75, 3.05) is 13.2 Å². The molecule has 18 heavy (non-hydrogen) atoms. The first-order chi connectivity index (χ1) is 8.72. The molecule has 1 rings (SSSR count). The maximum Gasteiger partial charge on any atom is 0.304 e. The average molecular weight is 251 g/mol. The van der Waals surface area contributed by atoms with E-state index in [9.17, 15) is 4.79 Å². The molecule has 2 N–H and O–H groups in total. The zero-order valence-electron chi connectivity index (χ0n) is 10.8. The van der Waals surface area contributed by atoms with Gasteiger partial charge in [0, 0.05) is 13.1 Å². The van der Waals surface area contributed by atoms with Gasteiger partial charge >= 0.3 is 5.97 Å². The standard InChI is InChI=1S/C14H21NO3/c1-2-3-9-18-13-6-4-5-12(10-13)11-15-8-7-14(16)17/h4-6,10,15H,2-3,7-9,11H2,1H3,(H,16,17). The van der Waals surface area contributed by atoms with Crippen molar-refractivity contribution < 1.29 is 14.6 Å². The Bertz CT molecular complexity index is 366. The van der Waals surface area contributed by atoms with Gasteiger partial charge in [-0.2, -0.15) is 0 Å². The number of carbonyl (C=O) groups is 1. The zero-order valence-corrected chi connectivity index (χ0v) is 10.8. The summed E-state index contributed by atoms with van der Waals surface area (Å²) in [6.45, 7) is 4.02. The van der Waals surface area contributed by atoms with E-state index in [1.807, 2.05) is 24.3 Å². The van der Waals surface area contributed by atoms with E-state index in [0.717, 1.165) is 30.8 Å². The molecule has 1 aromatic carbocycles. The van der Waals surface area contributed by atoms with Gasteiger partial charge in [-0.1, -0.05) is 25.5 Å². The maximum absolute atomic E-state index is 10.4. The molecule has 0 amide bonds. The smallest absolute Gasteiger partial charge is 0.304 e. The number of benzene rings is 1. The highest BCUT2D eigenvalue weighted by atomic mass is 16.5. The van der Waals surface area contributed by atoms with Gasteiger partial charge in [-0.25, -0.2) is 0 Å². The third kappa shape index (κ3) is 6.25. The first-order valence-electron chi connectivity index (χ1n) is 6.36. The summed E-state index contributed by atoms with van der Waals surface area (Å²) in [5.74, 6) is 0.0973. The number of carboxylic acids is 1. The molecule has 0 aromatic heterocycles. The molecular formula is C14H21NO3. The van der Waals surface area contributed by atoms with Gasteiger partial charge in [-0.15, -0.1) is 0 Å². The fourth-order valence-corrected chi connectivity index (χ4v) is 1.51. The van der Waals surface area contributed by atoms with E-state index in [-0.39, 0.29) is 6.42 Å². The summed E-state index contributed by atoms with van der Waals surface area (Å²) in [4.78, 5) is 10.4. The maximum atomic E-state index is 10.4. The summed E-state index contributed by atoms with van der Waals surface area (Å²) in [6.07, 6.45) is 2.32. The molecule has 0 saturated heterocycles. The SMILES string of the molecule is CCCCOc1cccc(CNCCC(=O)O)c1. The third-order valence-corrected chi connectivity index (χ3v) is 2.51. The Morgan fingerprint density at radius 2 is 2.28 bits per heavy atom. The zero-order chi connectivity index (χ0) is 13.2. The lowest BCUT2D eigenvalue weighted by molar-refractivity contribution is -0.136. The van der Waals surface area contributed by atoms with Crippen molar-refractivity contribution in [3.8, 4) is 5.75 Å². The van der Waals surface area contributed by atoms with Crippen LogP contribution in [0.25, 0.3) is 0 Å². The summed E-state index contributed by atoms with van der Waals surface area (Å²) in [7, 11) is 0. The van der Waals surface area contributed by atoms with Gasteiger partial charge in [0.1, 0.15) is 5.75 Å². The van der Waals surface area contributed by atoms with Crippen LogP contribution in [0, 0.1) is 0 Å². The molecule has 0 heterocycles. The minimum Gasteiger partial charge on any atom is -0.494 e. The van der Waals surface area contributed by atoms with Crippen LogP contribution in [0.1, 0.15) is 31.7 Å². The van der Waals surface area contributed by atoms with E-state index in [1.165, 1.54) is 0 Å². The highest BCUT2D eigenvalue weighted by molar-refractivity contribution is 5.66. The van der Waals surface area contributed by atoms with Crippen molar-refractivity contribution in [3.05, 3.63) is 29.8 Å². The highest BCUT2D eigenvalue weighted by Crippen LogP contribution is 2.13. The predicted octanol–water partition coefficient (Wildman–Crippen LogP) is 2.43. The Morgan fingerprint density at radius 3 is 3.00 bits per heavy atom. The van der Waals surface area contributed by atoms with Gasteiger partial charge in [0.2, 0.25) is 0 Å². The van der Waals surface area contributed by atoms with Crippen LogP contribution in [0.5, 0.6) is 5.75 Å². The van der Waals surface area contributed by atoms with Gasteiger partial charge in [-0.05, 0) is 24.1 Å². The largest absolute Gasteiger partial charge is 0.494 e. The molecule has 0 spiro atoms. The second-order valence-electron chi connectivity index (χ2n) is 4.17. The molecule has 0 saturated carbocycles. The molecule has 0 radical (unpaired) electrons. The number of ether oxygens (including phenoxy) is 1. The van der Waals surface area contributed by atoms with Gasteiger partial charge in [0.05, 0.1) is 13.0 Å². The average Bonchev–Trinajstić information content (AvgIpc) is 2.35. The number of carboxylic acid groups (broad SMARTS) is 1. The van der Waals surface area contributed by atoms with Gasteiger partial charge in [-0.3, -0.25) is 4.79 Å². The molecule has 100 valence electrons. The summed E-state index contributed by atoms with van der Waals surface area (Å²) < 4.78 is 5.61. The fraction of sp³-hybridized carbons (Fsp3) is 0.500. The number of aliphatic carboxylic acids is 1. The minimum absolute atomic E-state index is 0.146. The van der Waals surface area contributed by atoms with E-state index < -0.39 is 5.97 Å². The van der Waals surface area contributed by atoms with E-state index in [2.05, 4.69) is 12.2 Å². The van der Waals surface area contributed by atoms with Crippen molar-refractivity contribution in [1.29, 1.82) is 0 Å². The Balaban J connectivity index is 2.32. The lowest BCUT2D eigenvalue weighted by atomic mass is 10.2. The van der Waals surface area contributed by atoms with E-state index >= 15 is 0 Å². The lowest BCUT2D eigenvalue weighted by Crippen LogP contribution is -2.17. The molecule has 4 nitrogen and oxygen atoms in total. The molecule has 1 aromatic rings. The van der Waals surface area contributed by atoms with Crippen molar-refractivity contribution in [2.24, 2.45) is 0 Å². The molecular weight excluding hydrogens is 230 g/mol. The Hall–Kier alpha value is -1.55. The number of hydrogen-bond donors (Lipinski definition) is 2. The Morgan fingerprint density at radius 1 is 1.44 bits per heavy atom. The third-order valence-electron chi connectivity index (χ3n) is 2.51. The highest BCUT2D eigenvalue weighted by Gasteiger charge is 1.99.